The molecule has 1 aromatic heterocycles. The van der Waals surface area contributed by atoms with Gasteiger partial charge in [0.05, 0.1) is 17.6 Å². The summed E-state index contributed by atoms with van der Waals surface area (Å²) in [7, 11) is 0. The van der Waals surface area contributed by atoms with Gasteiger partial charge >= 0.3 is 6.03 Å². The van der Waals surface area contributed by atoms with Crippen molar-refractivity contribution < 1.29 is 4.79 Å². The van der Waals surface area contributed by atoms with Crippen LogP contribution in [0.1, 0.15) is 38.3 Å². The molecule has 5 heteroatoms. The number of urea groups is 1. The zero-order valence-electron chi connectivity index (χ0n) is 11.0. The van der Waals surface area contributed by atoms with E-state index < -0.39 is 0 Å². The number of hydrogen-bond donors (Lipinski definition) is 2. The van der Waals surface area contributed by atoms with E-state index in [2.05, 4.69) is 27.8 Å². The van der Waals surface area contributed by atoms with Gasteiger partial charge in [-0.1, -0.05) is 19.8 Å². The monoisotopic (exact) mass is 248 g/mol. The Morgan fingerprint density at radius 1 is 1.44 bits per heavy atom. The van der Waals surface area contributed by atoms with E-state index in [-0.39, 0.29) is 11.4 Å². The molecule has 1 fully saturated rings. The minimum Gasteiger partial charge on any atom is -0.337 e. The van der Waals surface area contributed by atoms with Crippen LogP contribution in [-0.4, -0.2) is 22.8 Å². The summed E-state index contributed by atoms with van der Waals surface area (Å²) in [5, 5.41) is 13.4. The maximum atomic E-state index is 11.8. The number of amides is 2. The molecule has 0 aromatic carbocycles. The van der Waals surface area contributed by atoms with Gasteiger partial charge in [0.2, 0.25) is 0 Å². The topological polar surface area (TPSA) is 66.9 Å². The van der Waals surface area contributed by atoms with Crippen LogP contribution < -0.4 is 10.6 Å². The van der Waals surface area contributed by atoms with E-state index in [4.69, 9.17) is 0 Å². The van der Waals surface area contributed by atoms with Gasteiger partial charge in [-0.15, -0.1) is 0 Å². The molecule has 98 valence electrons. The van der Waals surface area contributed by atoms with Gasteiger partial charge in [0, 0.05) is 6.54 Å². The number of rotatable bonds is 3. The van der Waals surface area contributed by atoms with E-state index in [0.717, 1.165) is 12.2 Å². The highest BCUT2D eigenvalue weighted by atomic mass is 16.2. The third kappa shape index (κ3) is 3.18. The Bertz CT molecular complexity index is 427. The van der Waals surface area contributed by atoms with Crippen molar-refractivity contribution >= 4 is 11.7 Å². The molecule has 0 bridgehead atoms. The molecule has 2 rings (SSSR count). The molecule has 5 nitrogen and oxygen atoms in total. The third-order valence-electron chi connectivity index (χ3n) is 3.64. The van der Waals surface area contributed by atoms with Crippen LogP contribution in [0, 0.1) is 12.3 Å². The van der Waals surface area contributed by atoms with Gasteiger partial charge in [-0.2, -0.15) is 10.2 Å². The molecule has 0 unspecified atom stereocenters. The zero-order chi connectivity index (χ0) is 13.0. The van der Waals surface area contributed by atoms with Crippen molar-refractivity contribution in [2.45, 2.75) is 39.5 Å². The number of hydrogen-bond acceptors (Lipinski definition) is 3. The lowest BCUT2D eigenvalue weighted by Gasteiger charge is -2.23. The summed E-state index contributed by atoms with van der Waals surface area (Å²) in [6.07, 6.45) is 6.51. The van der Waals surface area contributed by atoms with Gasteiger partial charge in [-0.05, 0) is 31.2 Å². The van der Waals surface area contributed by atoms with E-state index in [1.54, 1.807) is 12.3 Å². The van der Waals surface area contributed by atoms with Crippen molar-refractivity contribution in [1.82, 2.24) is 15.5 Å². The van der Waals surface area contributed by atoms with Gasteiger partial charge in [0.25, 0.3) is 0 Å². The summed E-state index contributed by atoms with van der Waals surface area (Å²) in [4.78, 5) is 11.8. The molecule has 0 aliphatic heterocycles. The minimum absolute atomic E-state index is 0.167. The second-order valence-corrected chi connectivity index (χ2v) is 5.36. The fraction of sp³-hybridized carbons (Fsp3) is 0.615. The summed E-state index contributed by atoms with van der Waals surface area (Å²) >= 11 is 0. The predicted octanol–water partition coefficient (Wildman–Crippen LogP) is 2.49. The molecule has 2 amide bonds. The molecule has 0 radical (unpaired) electrons. The first-order valence-corrected chi connectivity index (χ1v) is 6.42. The maximum absolute atomic E-state index is 11.8. The molecule has 18 heavy (non-hydrogen) atoms. The first-order chi connectivity index (χ1) is 8.59. The number of carbonyl (C=O) groups is 1. The summed E-state index contributed by atoms with van der Waals surface area (Å²) in [5.41, 5.74) is 1.70. The van der Waals surface area contributed by atoms with E-state index >= 15 is 0 Å². The molecule has 1 aromatic rings. The summed E-state index contributed by atoms with van der Waals surface area (Å²) in [5.74, 6) is 0. The first kappa shape index (κ1) is 12.8. The molecule has 0 spiro atoms. The summed E-state index contributed by atoms with van der Waals surface area (Å²) in [6, 6.07) is 1.58. The van der Waals surface area contributed by atoms with Gasteiger partial charge in [-0.25, -0.2) is 4.79 Å². The second kappa shape index (κ2) is 5.33. The molecule has 1 saturated carbocycles. The molecule has 1 aliphatic carbocycles. The number of aromatic nitrogens is 2. The molecule has 2 N–H and O–H groups in total. The lowest BCUT2D eigenvalue weighted by Crippen LogP contribution is -2.37. The highest BCUT2D eigenvalue weighted by Gasteiger charge is 2.28. The maximum Gasteiger partial charge on any atom is 0.319 e. The number of nitrogens with zero attached hydrogens (tertiary/aromatic N) is 2. The van der Waals surface area contributed by atoms with Crippen molar-refractivity contribution in [3.63, 3.8) is 0 Å². The predicted molar refractivity (Wildman–Crippen MR) is 70.4 cm³/mol. The van der Waals surface area contributed by atoms with Crippen LogP contribution in [-0.2, 0) is 0 Å². The van der Waals surface area contributed by atoms with Crippen molar-refractivity contribution in [3.05, 3.63) is 18.0 Å². The van der Waals surface area contributed by atoms with E-state index in [1.165, 1.54) is 25.7 Å². The molecular formula is C13H20N4O. The van der Waals surface area contributed by atoms with Crippen molar-refractivity contribution in [2.24, 2.45) is 5.41 Å². The Hall–Kier alpha value is -1.65. The van der Waals surface area contributed by atoms with Crippen LogP contribution in [0.5, 0.6) is 0 Å². The van der Waals surface area contributed by atoms with Gasteiger partial charge in [0.1, 0.15) is 0 Å². The first-order valence-electron chi connectivity index (χ1n) is 6.42. The van der Waals surface area contributed by atoms with Crippen LogP contribution in [0.15, 0.2) is 12.3 Å². The van der Waals surface area contributed by atoms with Crippen LogP contribution in [0.3, 0.4) is 0 Å². The van der Waals surface area contributed by atoms with Crippen LogP contribution >= 0.6 is 0 Å². The quantitative estimate of drug-likeness (QED) is 0.863. The molecular weight excluding hydrogens is 228 g/mol. The Kier molecular flexibility index (Phi) is 3.79. The SMILES string of the molecule is Cc1nnccc1NC(=O)NCC1(C)CCCC1. The van der Waals surface area contributed by atoms with Gasteiger partial charge in [0.15, 0.2) is 0 Å². The number of carbonyl (C=O) groups excluding carboxylic acids is 1. The minimum atomic E-state index is -0.167. The average molecular weight is 248 g/mol. The Labute approximate surface area is 107 Å². The summed E-state index contributed by atoms with van der Waals surface area (Å²) < 4.78 is 0. The van der Waals surface area contributed by atoms with Crippen LogP contribution in [0.2, 0.25) is 0 Å². The van der Waals surface area contributed by atoms with E-state index in [1.807, 2.05) is 6.92 Å². The van der Waals surface area contributed by atoms with Crippen LogP contribution in [0.25, 0.3) is 0 Å². The smallest absolute Gasteiger partial charge is 0.319 e. The van der Waals surface area contributed by atoms with E-state index in [9.17, 15) is 4.79 Å². The van der Waals surface area contributed by atoms with E-state index in [0.29, 0.717) is 5.69 Å². The molecule has 1 aliphatic rings. The largest absolute Gasteiger partial charge is 0.337 e. The molecule has 1 heterocycles. The highest BCUT2D eigenvalue weighted by molar-refractivity contribution is 5.89. The Morgan fingerprint density at radius 2 is 2.17 bits per heavy atom. The normalized spacial score (nSPS) is 17.4. The lowest BCUT2D eigenvalue weighted by molar-refractivity contribution is 0.242. The fourth-order valence-electron chi connectivity index (χ4n) is 2.40. The second-order valence-electron chi connectivity index (χ2n) is 5.36. The van der Waals surface area contributed by atoms with Crippen LogP contribution in [0.4, 0.5) is 10.5 Å². The zero-order valence-corrected chi connectivity index (χ0v) is 11.0. The molecule has 0 saturated heterocycles. The average Bonchev–Trinajstić information content (AvgIpc) is 2.77. The van der Waals surface area contributed by atoms with Gasteiger partial charge in [-0.3, -0.25) is 0 Å². The Morgan fingerprint density at radius 3 is 2.83 bits per heavy atom. The lowest BCUT2D eigenvalue weighted by atomic mass is 9.89. The highest BCUT2D eigenvalue weighted by Crippen LogP contribution is 2.36. The van der Waals surface area contributed by atoms with Gasteiger partial charge < -0.3 is 10.6 Å². The van der Waals surface area contributed by atoms with Crippen molar-refractivity contribution in [3.8, 4) is 0 Å². The standard InChI is InChI=1S/C13H20N4O/c1-10-11(5-8-15-17-10)16-12(18)14-9-13(2)6-3-4-7-13/h5,8H,3-4,6-7,9H2,1-2H3,(H2,14,15,16,18). The Balaban J connectivity index is 1.84. The van der Waals surface area contributed by atoms with Crippen molar-refractivity contribution in [1.29, 1.82) is 0 Å². The molecule has 0 atom stereocenters. The number of anilines is 1. The number of aryl methyl sites for hydroxylation is 1. The fourth-order valence-corrected chi connectivity index (χ4v) is 2.40. The number of nitrogens with one attached hydrogen (secondary N) is 2. The third-order valence-corrected chi connectivity index (χ3v) is 3.64. The van der Waals surface area contributed by atoms with Crippen molar-refractivity contribution in [2.75, 3.05) is 11.9 Å². The summed E-state index contributed by atoms with van der Waals surface area (Å²) in [6.45, 7) is 4.79.